The lowest BCUT2D eigenvalue weighted by Crippen LogP contribution is -2.16. The lowest BCUT2D eigenvalue weighted by Gasteiger charge is -2.11. The first-order chi connectivity index (χ1) is 12.1. The maximum absolute atomic E-state index is 12.7. The zero-order chi connectivity index (χ0) is 17.8. The Kier molecular flexibility index (Phi) is 5.28. The van der Waals surface area contributed by atoms with Gasteiger partial charge in [-0.05, 0) is 53.8 Å². The molecule has 3 rings (SSSR count). The minimum absolute atomic E-state index is 0.116. The van der Waals surface area contributed by atoms with Gasteiger partial charge in [-0.1, -0.05) is 54.1 Å². The second kappa shape index (κ2) is 7.61. The van der Waals surface area contributed by atoms with Gasteiger partial charge in [-0.3, -0.25) is 9.59 Å². The number of rotatable bonds is 4. The number of carbonyl (C=O) groups excluding carboxylic acids is 2. The molecule has 0 radical (unpaired) electrons. The Morgan fingerprint density at radius 1 is 0.840 bits per heavy atom. The number of hydrogen-bond acceptors (Lipinski definition) is 2. The standard InChI is InChI=1S/C21H16INO2/c1-14-11-12-16(18(22)13-14)21(25)23-19-10-6-5-9-17(19)20(24)15-7-3-2-4-8-15/h2-13H,1H3,(H,23,25). The number of ketones is 1. The van der Waals surface area contributed by atoms with Crippen LogP contribution in [0.3, 0.4) is 0 Å². The number of nitrogens with one attached hydrogen (secondary N) is 1. The molecule has 0 bridgehead atoms. The molecule has 0 aromatic heterocycles. The van der Waals surface area contributed by atoms with Crippen LogP contribution in [-0.2, 0) is 0 Å². The largest absolute Gasteiger partial charge is 0.321 e. The van der Waals surface area contributed by atoms with Gasteiger partial charge in [-0.15, -0.1) is 0 Å². The Balaban J connectivity index is 1.91. The van der Waals surface area contributed by atoms with Crippen LogP contribution in [0.1, 0.15) is 31.8 Å². The van der Waals surface area contributed by atoms with Gasteiger partial charge < -0.3 is 5.32 Å². The highest BCUT2D eigenvalue weighted by molar-refractivity contribution is 14.1. The minimum atomic E-state index is -0.224. The van der Waals surface area contributed by atoms with E-state index < -0.39 is 0 Å². The van der Waals surface area contributed by atoms with Gasteiger partial charge in [0.15, 0.2) is 5.78 Å². The van der Waals surface area contributed by atoms with Gasteiger partial charge in [0, 0.05) is 14.7 Å². The molecule has 0 unspecified atom stereocenters. The zero-order valence-corrected chi connectivity index (χ0v) is 15.8. The van der Waals surface area contributed by atoms with Crippen LogP contribution in [0.25, 0.3) is 0 Å². The first-order valence-corrected chi connectivity index (χ1v) is 8.90. The van der Waals surface area contributed by atoms with Crippen molar-refractivity contribution >= 4 is 40.0 Å². The van der Waals surface area contributed by atoms with Crippen molar-refractivity contribution in [3.8, 4) is 0 Å². The highest BCUT2D eigenvalue weighted by atomic mass is 127. The van der Waals surface area contributed by atoms with E-state index in [1.54, 1.807) is 42.5 Å². The van der Waals surface area contributed by atoms with Crippen molar-refractivity contribution in [3.63, 3.8) is 0 Å². The predicted molar refractivity (Wildman–Crippen MR) is 108 cm³/mol. The molecule has 3 nitrogen and oxygen atoms in total. The van der Waals surface area contributed by atoms with Crippen LogP contribution in [0.4, 0.5) is 5.69 Å². The van der Waals surface area contributed by atoms with Crippen LogP contribution in [0, 0.1) is 10.5 Å². The molecule has 0 aliphatic carbocycles. The van der Waals surface area contributed by atoms with Gasteiger partial charge in [0.25, 0.3) is 5.91 Å². The molecule has 0 spiro atoms. The molecule has 0 saturated heterocycles. The fraction of sp³-hybridized carbons (Fsp3) is 0.0476. The highest BCUT2D eigenvalue weighted by Gasteiger charge is 2.16. The number of hydrogen-bond donors (Lipinski definition) is 1. The van der Waals surface area contributed by atoms with E-state index in [0.717, 1.165) is 9.13 Å². The van der Waals surface area contributed by atoms with E-state index in [1.165, 1.54) is 0 Å². The molecule has 4 heteroatoms. The van der Waals surface area contributed by atoms with E-state index in [9.17, 15) is 9.59 Å². The fourth-order valence-electron chi connectivity index (χ4n) is 2.53. The van der Waals surface area contributed by atoms with Crippen molar-refractivity contribution in [1.82, 2.24) is 0 Å². The quantitative estimate of drug-likeness (QED) is 0.453. The molecule has 0 heterocycles. The average molecular weight is 441 g/mol. The molecule has 25 heavy (non-hydrogen) atoms. The highest BCUT2D eigenvalue weighted by Crippen LogP contribution is 2.21. The summed E-state index contributed by atoms with van der Waals surface area (Å²) in [5.74, 6) is -0.340. The maximum atomic E-state index is 12.7. The van der Waals surface area contributed by atoms with E-state index in [-0.39, 0.29) is 11.7 Å². The van der Waals surface area contributed by atoms with Crippen LogP contribution in [-0.4, -0.2) is 11.7 Å². The van der Waals surface area contributed by atoms with E-state index in [0.29, 0.717) is 22.4 Å². The average Bonchev–Trinajstić information content (AvgIpc) is 2.62. The molecule has 1 amide bonds. The van der Waals surface area contributed by atoms with E-state index in [1.807, 2.05) is 37.3 Å². The topological polar surface area (TPSA) is 46.2 Å². The molecule has 1 N–H and O–H groups in total. The number of carbonyl (C=O) groups is 2. The van der Waals surface area contributed by atoms with Crippen LogP contribution < -0.4 is 5.32 Å². The molecule has 0 fully saturated rings. The van der Waals surface area contributed by atoms with Crippen molar-refractivity contribution in [2.24, 2.45) is 0 Å². The van der Waals surface area contributed by atoms with Crippen molar-refractivity contribution in [1.29, 1.82) is 0 Å². The molecule has 0 atom stereocenters. The number of para-hydroxylation sites is 1. The van der Waals surface area contributed by atoms with Gasteiger partial charge in [-0.2, -0.15) is 0 Å². The third kappa shape index (κ3) is 3.96. The Morgan fingerprint density at radius 2 is 1.52 bits per heavy atom. The summed E-state index contributed by atoms with van der Waals surface area (Å²) in [5, 5.41) is 2.87. The smallest absolute Gasteiger partial charge is 0.256 e. The van der Waals surface area contributed by atoms with Gasteiger partial charge in [0.05, 0.1) is 11.3 Å². The third-order valence-electron chi connectivity index (χ3n) is 3.83. The molecule has 0 saturated carbocycles. The summed E-state index contributed by atoms with van der Waals surface area (Å²) in [6, 6.07) is 21.8. The summed E-state index contributed by atoms with van der Waals surface area (Å²) in [6.45, 7) is 1.98. The molecule has 124 valence electrons. The first kappa shape index (κ1) is 17.4. The van der Waals surface area contributed by atoms with Crippen molar-refractivity contribution in [2.45, 2.75) is 6.92 Å². The summed E-state index contributed by atoms with van der Waals surface area (Å²) < 4.78 is 0.877. The van der Waals surface area contributed by atoms with Gasteiger partial charge in [-0.25, -0.2) is 0 Å². The summed E-state index contributed by atoms with van der Waals surface area (Å²) in [7, 11) is 0. The van der Waals surface area contributed by atoms with Gasteiger partial charge >= 0.3 is 0 Å². The van der Waals surface area contributed by atoms with Crippen molar-refractivity contribution in [3.05, 3.63) is 98.6 Å². The van der Waals surface area contributed by atoms with Crippen molar-refractivity contribution in [2.75, 3.05) is 5.32 Å². The summed E-state index contributed by atoms with van der Waals surface area (Å²) >= 11 is 2.15. The lowest BCUT2D eigenvalue weighted by atomic mass is 10.0. The zero-order valence-electron chi connectivity index (χ0n) is 13.6. The third-order valence-corrected chi connectivity index (χ3v) is 4.72. The predicted octanol–water partition coefficient (Wildman–Crippen LogP) is 5.08. The molecule has 3 aromatic rings. The Hall–Kier alpha value is -2.47. The van der Waals surface area contributed by atoms with E-state index in [2.05, 4.69) is 27.9 Å². The Morgan fingerprint density at radius 3 is 2.24 bits per heavy atom. The SMILES string of the molecule is Cc1ccc(C(=O)Nc2ccccc2C(=O)c2ccccc2)c(I)c1. The van der Waals surface area contributed by atoms with Crippen LogP contribution in [0.2, 0.25) is 0 Å². The second-order valence-corrected chi connectivity index (χ2v) is 6.84. The lowest BCUT2D eigenvalue weighted by molar-refractivity contribution is 0.102. The number of anilines is 1. The van der Waals surface area contributed by atoms with Crippen LogP contribution in [0.5, 0.6) is 0 Å². The van der Waals surface area contributed by atoms with Crippen molar-refractivity contribution < 1.29 is 9.59 Å². The fourth-order valence-corrected chi connectivity index (χ4v) is 3.45. The Labute approximate surface area is 160 Å². The molecule has 0 aliphatic rings. The molecule has 3 aromatic carbocycles. The molecular formula is C21H16INO2. The van der Waals surface area contributed by atoms with Crippen LogP contribution >= 0.6 is 22.6 Å². The second-order valence-electron chi connectivity index (χ2n) is 5.68. The number of halogens is 1. The maximum Gasteiger partial charge on any atom is 0.256 e. The minimum Gasteiger partial charge on any atom is -0.321 e. The number of benzene rings is 3. The number of aryl methyl sites for hydroxylation is 1. The summed E-state index contributed by atoms with van der Waals surface area (Å²) in [5.41, 5.74) is 3.27. The normalized spacial score (nSPS) is 10.3. The first-order valence-electron chi connectivity index (χ1n) is 7.82. The monoisotopic (exact) mass is 441 g/mol. The van der Waals surface area contributed by atoms with Gasteiger partial charge in [0.2, 0.25) is 0 Å². The molecular weight excluding hydrogens is 425 g/mol. The van der Waals surface area contributed by atoms with E-state index >= 15 is 0 Å². The summed E-state index contributed by atoms with van der Waals surface area (Å²) in [4.78, 5) is 25.4. The van der Waals surface area contributed by atoms with E-state index in [4.69, 9.17) is 0 Å². The molecule has 0 aliphatic heterocycles. The number of amides is 1. The summed E-state index contributed by atoms with van der Waals surface area (Å²) in [6.07, 6.45) is 0. The Bertz CT molecular complexity index is 936. The van der Waals surface area contributed by atoms with Gasteiger partial charge in [0.1, 0.15) is 0 Å². The van der Waals surface area contributed by atoms with Crippen LogP contribution in [0.15, 0.2) is 72.8 Å².